The highest BCUT2D eigenvalue weighted by Crippen LogP contribution is 2.42. The number of halogens is 6. The first-order valence-corrected chi connectivity index (χ1v) is 5.58. The average Bonchev–Trinajstić information content (AvgIpc) is 2.35. The molecular formula is C12H7F6NO3. The van der Waals surface area contributed by atoms with Crippen molar-refractivity contribution in [3.8, 4) is 11.8 Å². The first kappa shape index (κ1) is 17.6. The van der Waals surface area contributed by atoms with Gasteiger partial charge in [0.15, 0.2) is 0 Å². The van der Waals surface area contributed by atoms with Crippen LogP contribution in [0.2, 0.25) is 0 Å². The van der Waals surface area contributed by atoms with E-state index in [1.807, 2.05) is 0 Å². The van der Waals surface area contributed by atoms with E-state index in [0.29, 0.717) is 12.1 Å². The van der Waals surface area contributed by atoms with Gasteiger partial charge in [0, 0.05) is 0 Å². The molecular weight excluding hydrogens is 320 g/mol. The van der Waals surface area contributed by atoms with Crippen molar-refractivity contribution < 1.29 is 40.6 Å². The van der Waals surface area contributed by atoms with E-state index in [-0.39, 0.29) is 6.61 Å². The van der Waals surface area contributed by atoms with Gasteiger partial charge in [-0.25, -0.2) is 4.79 Å². The molecule has 1 aromatic carbocycles. The largest absolute Gasteiger partial charge is 0.573 e. The van der Waals surface area contributed by atoms with Gasteiger partial charge in [0.2, 0.25) is 0 Å². The van der Waals surface area contributed by atoms with Crippen molar-refractivity contribution in [2.75, 3.05) is 6.61 Å². The fourth-order valence-electron chi connectivity index (χ4n) is 1.58. The van der Waals surface area contributed by atoms with Crippen LogP contribution in [0.3, 0.4) is 0 Å². The summed E-state index contributed by atoms with van der Waals surface area (Å²) in [6, 6.07) is 2.23. The number of ether oxygens (including phenoxy) is 2. The van der Waals surface area contributed by atoms with Crippen LogP contribution in [-0.4, -0.2) is 18.9 Å². The van der Waals surface area contributed by atoms with Gasteiger partial charge in [-0.05, 0) is 19.1 Å². The summed E-state index contributed by atoms with van der Waals surface area (Å²) < 4.78 is 83.4. The van der Waals surface area contributed by atoms with E-state index in [4.69, 9.17) is 5.26 Å². The van der Waals surface area contributed by atoms with Crippen LogP contribution < -0.4 is 4.74 Å². The molecule has 0 aliphatic heterocycles. The smallest absolute Gasteiger partial charge is 0.462 e. The molecule has 120 valence electrons. The van der Waals surface area contributed by atoms with Gasteiger partial charge in [-0.1, -0.05) is 0 Å². The van der Waals surface area contributed by atoms with Crippen molar-refractivity contribution in [2.45, 2.75) is 19.5 Å². The molecule has 0 bridgehead atoms. The Labute approximate surface area is 119 Å². The molecule has 0 heterocycles. The third-order valence-electron chi connectivity index (χ3n) is 2.28. The van der Waals surface area contributed by atoms with E-state index in [0.717, 1.165) is 0 Å². The highest BCUT2D eigenvalue weighted by molar-refractivity contribution is 5.95. The van der Waals surface area contributed by atoms with Gasteiger partial charge in [0.05, 0.1) is 17.7 Å². The highest BCUT2D eigenvalue weighted by Gasteiger charge is 2.44. The van der Waals surface area contributed by atoms with Gasteiger partial charge >= 0.3 is 18.5 Å². The number of hydrogen-bond donors (Lipinski definition) is 0. The van der Waals surface area contributed by atoms with Crippen molar-refractivity contribution in [3.05, 3.63) is 28.8 Å². The Morgan fingerprint density at radius 3 is 2.23 bits per heavy atom. The Kier molecular flexibility index (Phi) is 4.91. The number of hydrogen-bond acceptors (Lipinski definition) is 4. The summed E-state index contributed by atoms with van der Waals surface area (Å²) in [4.78, 5) is 11.6. The molecule has 0 aliphatic rings. The Morgan fingerprint density at radius 1 is 1.23 bits per heavy atom. The van der Waals surface area contributed by atoms with Gasteiger partial charge in [0.1, 0.15) is 17.4 Å². The first-order valence-electron chi connectivity index (χ1n) is 5.58. The monoisotopic (exact) mass is 327 g/mol. The summed E-state index contributed by atoms with van der Waals surface area (Å²) in [5.74, 6) is -3.21. The Balaban J connectivity index is 3.66. The average molecular weight is 327 g/mol. The van der Waals surface area contributed by atoms with Crippen LogP contribution in [-0.2, 0) is 10.9 Å². The summed E-state index contributed by atoms with van der Waals surface area (Å²) in [5.41, 5.74) is -4.11. The molecule has 1 aromatic rings. The lowest BCUT2D eigenvalue weighted by molar-refractivity contribution is -0.276. The summed E-state index contributed by atoms with van der Waals surface area (Å²) in [7, 11) is 0. The number of rotatable bonds is 3. The molecule has 0 radical (unpaired) electrons. The van der Waals surface area contributed by atoms with Crippen LogP contribution in [0.15, 0.2) is 12.1 Å². The minimum Gasteiger partial charge on any atom is -0.462 e. The lowest BCUT2D eigenvalue weighted by Crippen LogP contribution is -2.23. The highest BCUT2D eigenvalue weighted by atomic mass is 19.4. The molecule has 0 unspecified atom stereocenters. The van der Waals surface area contributed by atoms with Crippen molar-refractivity contribution in [1.82, 2.24) is 0 Å². The van der Waals surface area contributed by atoms with Crippen LogP contribution in [0.4, 0.5) is 26.3 Å². The Hall–Kier alpha value is -2.44. The molecule has 0 aromatic heterocycles. The van der Waals surface area contributed by atoms with Crippen LogP contribution in [0, 0.1) is 11.3 Å². The fraction of sp³-hybridized carbons (Fsp3) is 0.333. The number of benzene rings is 1. The number of nitrogens with zero attached hydrogens (tertiary/aromatic N) is 1. The predicted molar refractivity (Wildman–Crippen MR) is 58.8 cm³/mol. The van der Waals surface area contributed by atoms with Gasteiger partial charge < -0.3 is 9.47 Å². The minimum absolute atomic E-state index is 0.317. The topological polar surface area (TPSA) is 59.3 Å². The molecule has 0 fully saturated rings. The molecule has 1 rings (SSSR count). The van der Waals surface area contributed by atoms with Gasteiger partial charge in [-0.3, -0.25) is 0 Å². The molecule has 10 heteroatoms. The van der Waals surface area contributed by atoms with Crippen molar-refractivity contribution in [3.63, 3.8) is 0 Å². The number of alkyl halides is 6. The second-order valence-electron chi connectivity index (χ2n) is 3.74. The van der Waals surface area contributed by atoms with E-state index in [1.165, 1.54) is 13.0 Å². The zero-order chi connectivity index (χ0) is 17.1. The lowest BCUT2D eigenvalue weighted by atomic mass is 10.00. The van der Waals surface area contributed by atoms with Gasteiger partial charge in [-0.2, -0.15) is 18.4 Å². The van der Waals surface area contributed by atoms with E-state index < -0.39 is 40.9 Å². The molecule has 0 aliphatic carbocycles. The molecule has 22 heavy (non-hydrogen) atoms. The SMILES string of the molecule is CCOC(=O)c1c(C#N)ccc(OC(F)(F)F)c1C(F)(F)F. The molecule has 0 spiro atoms. The van der Waals surface area contributed by atoms with Crippen molar-refractivity contribution in [1.29, 1.82) is 5.26 Å². The summed E-state index contributed by atoms with van der Waals surface area (Å²) in [6.45, 7) is 0.957. The lowest BCUT2D eigenvalue weighted by Gasteiger charge is -2.18. The molecule has 0 saturated carbocycles. The maximum absolute atomic E-state index is 13.0. The van der Waals surface area contributed by atoms with Crippen LogP contribution in [0.5, 0.6) is 5.75 Å². The van der Waals surface area contributed by atoms with Crippen LogP contribution in [0.1, 0.15) is 28.4 Å². The molecule has 0 N–H and O–H groups in total. The number of esters is 1. The van der Waals surface area contributed by atoms with Crippen LogP contribution in [0.25, 0.3) is 0 Å². The standard InChI is InChI=1S/C12H7F6NO3/c1-2-21-10(20)8-6(5-19)3-4-7(22-12(16,17)18)9(8)11(13,14)15/h3-4H,2H2,1H3. The zero-order valence-electron chi connectivity index (χ0n) is 10.8. The first-order chi connectivity index (χ1) is 10.0. The maximum atomic E-state index is 13.0. The van der Waals surface area contributed by atoms with Gasteiger partial charge in [-0.15, -0.1) is 13.2 Å². The second kappa shape index (κ2) is 6.13. The predicted octanol–water partition coefficient (Wildman–Crippen LogP) is 3.65. The van der Waals surface area contributed by atoms with Crippen molar-refractivity contribution >= 4 is 5.97 Å². The second-order valence-corrected chi connectivity index (χ2v) is 3.74. The number of carbonyl (C=O) groups is 1. The normalized spacial score (nSPS) is 11.7. The van der Waals surface area contributed by atoms with Crippen molar-refractivity contribution in [2.24, 2.45) is 0 Å². The van der Waals surface area contributed by atoms with Crippen LogP contribution >= 0.6 is 0 Å². The number of nitriles is 1. The minimum atomic E-state index is -5.40. The molecule has 4 nitrogen and oxygen atoms in total. The van der Waals surface area contributed by atoms with E-state index in [9.17, 15) is 31.1 Å². The van der Waals surface area contributed by atoms with Gasteiger partial charge in [0.25, 0.3) is 0 Å². The third-order valence-corrected chi connectivity index (χ3v) is 2.28. The summed E-state index contributed by atoms with van der Waals surface area (Å²) in [5, 5.41) is 8.76. The molecule has 0 atom stereocenters. The Morgan fingerprint density at radius 2 is 1.82 bits per heavy atom. The quantitative estimate of drug-likeness (QED) is 0.628. The maximum Gasteiger partial charge on any atom is 0.573 e. The number of carbonyl (C=O) groups excluding carboxylic acids is 1. The molecule has 0 saturated heterocycles. The Bertz CT molecular complexity index is 615. The zero-order valence-corrected chi connectivity index (χ0v) is 10.8. The summed E-state index contributed by atoms with van der Waals surface area (Å²) in [6.07, 6.45) is -10.8. The fourth-order valence-corrected chi connectivity index (χ4v) is 1.58. The summed E-state index contributed by atoms with van der Waals surface area (Å²) >= 11 is 0. The third kappa shape index (κ3) is 4.03. The van der Waals surface area contributed by atoms with E-state index in [1.54, 1.807) is 0 Å². The molecule has 0 amide bonds. The van der Waals surface area contributed by atoms with E-state index in [2.05, 4.69) is 9.47 Å². The van der Waals surface area contributed by atoms with E-state index >= 15 is 0 Å².